The normalized spacial score (nSPS) is 17.3. The third kappa shape index (κ3) is 5.96. The molecule has 3 aromatic rings. The summed E-state index contributed by atoms with van der Waals surface area (Å²) in [5.41, 5.74) is 4.17. The molecule has 0 spiro atoms. The zero-order chi connectivity index (χ0) is 24.8. The van der Waals surface area contributed by atoms with Gasteiger partial charge in [0.2, 0.25) is 0 Å². The van der Waals surface area contributed by atoms with Gasteiger partial charge in [-0.15, -0.1) is 11.8 Å². The van der Waals surface area contributed by atoms with Gasteiger partial charge in [0.25, 0.3) is 0 Å². The number of likely N-dealkylation sites (tertiary alicyclic amines) is 1. The fourth-order valence-electron chi connectivity index (χ4n) is 4.91. The number of sulfone groups is 1. The number of methoxy groups -OCH3 is 1. The van der Waals surface area contributed by atoms with Crippen molar-refractivity contribution in [3.05, 3.63) is 65.9 Å². The Hall–Kier alpha value is -2.22. The summed E-state index contributed by atoms with van der Waals surface area (Å²) >= 11 is 1.60. The molecule has 4 rings (SSSR count). The van der Waals surface area contributed by atoms with Crippen molar-refractivity contribution in [2.45, 2.75) is 61.9 Å². The van der Waals surface area contributed by atoms with Crippen LogP contribution in [-0.4, -0.2) is 43.5 Å². The van der Waals surface area contributed by atoms with Gasteiger partial charge < -0.3 is 9.72 Å². The van der Waals surface area contributed by atoms with Gasteiger partial charge >= 0.3 is 0 Å². The summed E-state index contributed by atoms with van der Waals surface area (Å²) in [7, 11) is -1.69. The predicted octanol–water partition coefficient (Wildman–Crippen LogP) is 6.71. The van der Waals surface area contributed by atoms with Gasteiger partial charge in [-0.25, -0.2) is 8.42 Å². The van der Waals surface area contributed by atoms with Crippen molar-refractivity contribution in [3.8, 4) is 17.0 Å². The number of H-pyrrole nitrogens is 1. The summed E-state index contributed by atoms with van der Waals surface area (Å²) in [5.74, 6) is 1.62. The highest BCUT2D eigenvalue weighted by Crippen LogP contribution is 2.41. The highest BCUT2D eigenvalue weighted by molar-refractivity contribution is 7.99. The van der Waals surface area contributed by atoms with Crippen LogP contribution in [-0.2, 0) is 16.4 Å². The third-order valence-corrected chi connectivity index (χ3v) is 9.35. The minimum Gasteiger partial charge on any atom is -0.495 e. The lowest BCUT2D eigenvalue weighted by Crippen LogP contribution is -2.28. The summed E-state index contributed by atoms with van der Waals surface area (Å²) in [4.78, 5) is 7.36. The lowest BCUT2D eigenvalue weighted by Gasteiger charge is -2.30. The molecule has 0 aliphatic carbocycles. The Morgan fingerprint density at radius 2 is 1.86 bits per heavy atom. The maximum absolute atomic E-state index is 12.7. The maximum atomic E-state index is 12.7. The Balaban J connectivity index is 1.68. The van der Waals surface area contributed by atoms with Crippen molar-refractivity contribution in [2.24, 2.45) is 0 Å². The van der Waals surface area contributed by atoms with Gasteiger partial charge in [0.15, 0.2) is 9.84 Å². The van der Waals surface area contributed by atoms with E-state index in [-0.39, 0.29) is 5.75 Å². The Kier molecular flexibility index (Phi) is 8.63. The predicted molar refractivity (Wildman–Crippen MR) is 145 cm³/mol. The summed E-state index contributed by atoms with van der Waals surface area (Å²) in [6.07, 6.45) is 4.89. The Bertz CT molecular complexity index is 1220. The molecule has 1 N–H and O–H groups in total. The number of rotatable bonds is 9. The lowest BCUT2D eigenvalue weighted by atomic mass is 10.0. The van der Waals surface area contributed by atoms with E-state index in [1.807, 2.05) is 6.07 Å². The molecular weight excluding hydrogens is 476 g/mol. The number of nitrogens with zero attached hydrogens (tertiary/aromatic N) is 1. The van der Waals surface area contributed by atoms with Gasteiger partial charge in [0, 0.05) is 29.5 Å². The van der Waals surface area contributed by atoms with Crippen LogP contribution in [0, 0.1) is 0 Å². The molecule has 0 bridgehead atoms. The van der Waals surface area contributed by atoms with Crippen LogP contribution in [0.3, 0.4) is 0 Å². The Labute approximate surface area is 214 Å². The number of aromatic amines is 1. The Morgan fingerprint density at radius 1 is 1.06 bits per heavy atom. The summed E-state index contributed by atoms with van der Waals surface area (Å²) in [6, 6.07) is 18.9. The zero-order valence-corrected chi connectivity index (χ0v) is 22.6. The quantitative estimate of drug-likeness (QED) is 0.323. The van der Waals surface area contributed by atoms with Crippen molar-refractivity contribution in [1.82, 2.24) is 9.88 Å². The molecule has 2 aromatic carbocycles. The highest BCUT2D eigenvalue weighted by Gasteiger charge is 2.24. The van der Waals surface area contributed by atoms with E-state index in [9.17, 15) is 8.42 Å². The lowest BCUT2D eigenvalue weighted by molar-refractivity contribution is 0.190. The largest absolute Gasteiger partial charge is 0.495 e. The first-order valence-corrected chi connectivity index (χ1v) is 15.2. The topological polar surface area (TPSA) is 62.4 Å². The van der Waals surface area contributed by atoms with E-state index < -0.39 is 9.84 Å². The monoisotopic (exact) mass is 512 g/mol. The minimum atomic E-state index is -3.34. The van der Waals surface area contributed by atoms with Crippen LogP contribution in [0.5, 0.6) is 5.75 Å². The second kappa shape index (κ2) is 11.7. The third-order valence-electron chi connectivity index (χ3n) is 6.73. The van der Waals surface area contributed by atoms with Gasteiger partial charge in [0.05, 0.1) is 22.7 Å². The number of thioether (sulfide) groups is 1. The fraction of sp³-hybridized carbons (Fsp3) is 0.429. The van der Waals surface area contributed by atoms with Gasteiger partial charge in [-0.3, -0.25) is 4.90 Å². The number of ether oxygens (including phenoxy) is 1. The SMILES string of the molecule is CCSc1cc(S(=O)(=O)CC)cc(-c2ccc(CN3CCCCCC3c3ccccc3)[nH]2)c1OC. The smallest absolute Gasteiger partial charge is 0.178 e. The van der Waals surface area contributed by atoms with Crippen molar-refractivity contribution in [2.75, 3.05) is 25.2 Å². The van der Waals surface area contributed by atoms with E-state index in [0.717, 1.165) is 46.4 Å². The molecule has 1 aliphatic rings. The average Bonchev–Trinajstić information content (AvgIpc) is 3.21. The first-order chi connectivity index (χ1) is 17.0. The minimum absolute atomic E-state index is 0.0702. The number of nitrogens with one attached hydrogen (secondary N) is 1. The van der Waals surface area contributed by atoms with Gasteiger partial charge in [0.1, 0.15) is 5.75 Å². The number of hydrogen-bond donors (Lipinski definition) is 1. The van der Waals surface area contributed by atoms with Crippen LogP contribution in [0.25, 0.3) is 11.3 Å². The molecule has 1 fully saturated rings. The van der Waals surface area contributed by atoms with E-state index in [2.05, 4.69) is 53.2 Å². The number of aromatic nitrogens is 1. The van der Waals surface area contributed by atoms with E-state index in [1.165, 1.54) is 31.2 Å². The standard InChI is InChI=1S/C28H36N2O3S2/c1-4-34-27-19-23(35(31,32)5-2)18-24(28(27)33-3)25-16-15-22(29-25)20-30-17-11-7-10-14-26(30)21-12-8-6-9-13-21/h6,8-9,12-13,15-16,18-19,26,29H,4-5,7,10-11,14,17,20H2,1-3H3. The molecule has 1 atom stereocenters. The number of hydrogen-bond acceptors (Lipinski definition) is 5. The molecule has 188 valence electrons. The zero-order valence-electron chi connectivity index (χ0n) is 20.9. The molecule has 1 aliphatic heterocycles. The first kappa shape index (κ1) is 25.9. The van der Waals surface area contributed by atoms with Crippen molar-refractivity contribution < 1.29 is 13.2 Å². The fourth-order valence-corrected chi connectivity index (χ4v) is 6.76. The van der Waals surface area contributed by atoms with Gasteiger partial charge in [-0.05, 0) is 55.0 Å². The molecule has 1 aromatic heterocycles. The Morgan fingerprint density at radius 3 is 2.57 bits per heavy atom. The molecule has 2 heterocycles. The molecule has 5 nitrogen and oxygen atoms in total. The molecule has 0 radical (unpaired) electrons. The van der Waals surface area contributed by atoms with Crippen LogP contribution in [0.2, 0.25) is 0 Å². The van der Waals surface area contributed by atoms with Crippen LogP contribution >= 0.6 is 11.8 Å². The number of benzene rings is 2. The molecular formula is C28H36N2O3S2. The van der Waals surface area contributed by atoms with Crippen LogP contribution in [0.1, 0.15) is 56.8 Å². The molecule has 0 amide bonds. The second-order valence-corrected chi connectivity index (χ2v) is 12.6. The van der Waals surface area contributed by atoms with Crippen molar-refractivity contribution >= 4 is 21.6 Å². The molecule has 0 saturated carbocycles. The molecule has 1 saturated heterocycles. The summed E-state index contributed by atoms with van der Waals surface area (Å²) in [6.45, 7) is 5.63. The van der Waals surface area contributed by atoms with E-state index >= 15 is 0 Å². The van der Waals surface area contributed by atoms with Crippen molar-refractivity contribution in [3.63, 3.8) is 0 Å². The van der Waals surface area contributed by atoms with Crippen LogP contribution in [0.15, 0.2) is 64.4 Å². The molecule has 35 heavy (non-hydrogen) atoms. The van der Waals surface area contributed by atoms with Crippen LogP contribution < -0.4 is 4.74 Å². The molecule has 1 unspecified atom stereocenters. The van der Waals surface area contributed by atoms with E-state index in [4.69, 9.17) is 4.74 Å². The highest BCUT2D eigenvalue weighted by atomic mass is 32.2. The van der Waals surface area contributed by atoms with Gasteiger partial charge in [-0.1, -0.05) is 57.0 Å². The van der Waals surface area contributed by atoms with E-state index in [1.54, 1.807) is 37.9 Å². The van der Waals surface area contributed by atoms with E-state index in [0.29, 0.717) is 10.9 Å². The maximum Gasteiger partial charge on any atom is 0.178 e. The first-order valence-electron chi connectivity index (χ1n) is 12.5. The summed E-state index contributed by atoms with van der Waals surface area (Å²) in [5, 5.41) is 0. The average molecular weight is 513 g/mol. The van der Waals surface area contributed by atoms with Gasteiger partial charge in [-0.2, -0.15) is 0 Å². The summed E-state index contributed by atoms with van der Waals surface area (Å²) < 4.78 is 31.3. The second-order valence-electron chi connectivity index (χ2n) is 8.98. The van der Waals surface area contributed by atoms with Crippen molar-refractivity contribution in [1.29, 1.82) is 0 Å². The van der Waals surface area contributed by atoms with Crippen LogP contribution in [0.4, 0.5) is 0 Å². The molecule has 7 heteroatoms.